The summed E-state index contributed by atoms with van der Waals surface area (Å²) >= 11 is 0. The van der Waals surface area contributed by atoms with E-state index in [4.69, 9.17) is 9.26 Å². The van der Waals surface area contributed by atoms with Crippen LogP contribution in [0.4, 0.5) is 5.82 Å². The lowest BCUT2D eigenvalue weighted by Crippen LogP contribution is -2.25. The molecule has 10 nitrogen and oxygen atoms in total. The molecule has 26 heavy (non-hydrogen) atoms. The van der Waals surface area contributed by atoms with Crippen molar-refractivity contribution >= 4 is 17.4 Å². The van der Waals surface area contributed by atoms with E-state index in [1.165, 1.54) is 10.7 Å². The molecule has 3 aromatic rings. The molecular weight excluding hydrogens is 340 g/mol. The molecule has 1 fully saturated rings. The minimum absolute atomic E-state index is 0.271. The highest BCUT2D eigenvalue weighted by atomic mass is 16.5. The molecule has 10 heteroatoms. The molecule has 0 saturated carbocycles. The zero-order valence-electron chi connectivity index (χ0n) is 14.4. The Hall–Kier alpha value is -3.01. The van der Waals surface area contributed by atoms with E-state index in [-0.39, 0.29) is 12.6 Å². The first-order chi connectivity index (χ1) is 12.6. The second kappa shape index (κ2) is 6.37. The van der Waals surface area contributed by atoms with Gasteiger partial charge in [-0.15, -0.1) is 0 Å². The molecule has 0 aromatic carbocycles. The van der Waals surface area contributed by atoms with Gasteiger partial charge < -0.3 is 19.3 Å². The number of hydrogen-bond donors (Lipinski definition) is 1. The summed E-state index contributed by atoms with van der Waals surface area (Å²) in [6.45, 7) is 4.13. The molecule has 0 unspecified atom stereocenters. The number of nitrogens with zero attached hydrogens (tertiary/aromatic N) is 6. The lowest BCUT2D eigenvalue weighted by molar-refractivity contribution is 0.0528. The molecule has 0 aliphatic carbocycles. The Balaban J connectivity index is 1.73. The summed E-state index contributed by atoms with van der Waals surface area (Å²) in [6, 6.07) is 1.48. The average Bonchev–Trinajstić information content (AvgIpc) is 3.32. The van der Waals surface area contributed by atoms with Gasteiger partial charge in [0.05, 0.1) is 18.9 Å². The van der Waals surface area contributed by atoms with Crippen LogP contribution < -0.4 is 4.90 Å². The van der Waals surface area contributed by atoms with Crippen molar-refractivity contribution in [3.63, 3.8) is 0 Å². The summed E-state index contributed by atoms with van der Waals surface area (Å²) in [4.78, 5) is 22.8. The number of β-amino-alcohol motifs (C(OH)–C–C–N with tert-alkyl or cyclic N) is 1. The second-order valence-electron chi connectivity index (χ2n) is 6.07. The summed E-state index contributed by atoms with van der Waals surface area (Å²) in [6.07, 6.45) is 3.06. The van der Waals surface area contributed by atoms with Gasteiger partial charge in [0.25, 0.3) is 0 Å². The van der Waals surface area contributed by atoms with Crippen LogP contribution in [0.5, 0.6) is 0 Å². The van der Waals surface area contributed by atoms with Gasteiger partial charge in [-0.3, -0.25) is 0 Å². The zero-order valence-corrected chi connectivity index (χ0v) is 14.4. The van der Waals surface area contributed by atoms with Gasteiger partial charge in [0.1, 0.15) is 17.4 Å². The molecule has 1 saturated heterocycles. The van der Waals surface area contributed by atoms with Crippen molar-refractivity contribution in [3.05, 3.63) is 35.7 Å². The fourth-order valence-corrected chi connectivity index (χ4v) is 3.12. The molecule has 0 radical (unpaired) electrons. The van der Waals surface area contributed by atoms with E-state index in [1.54, 1.807) is 26.1 Å². The molecule has 2 atom stereocenters. The summed E-state index contributed by atoms with van der Waals surface area (Å²) in [5.41, 5.74) is 0.682. The Labute approximate surface area is 148 Å². The van der Waals surface area contributed by atoms with E-state index in [1.807, 2.05) is 4.90 Å². The molecule has 4 heterocycles. The Morgan fingerprint density at radius 2 is 2.31 bits per heavy atom. The van der Waals surface area contributed by atoms with Gasteiger partial charge in [-0.25, -0.2) is 14.3 Å². The van der Waals surface area contributed by atoms with Crippen LogP contribution in [0.3, 0.4) is 0 Å². The second-order valence-corrected chi connectivity index (χ2v) is 6.07. The fourth-order valence-electron chi connectivity index (χ4n) is 3.12. The lowest BCUT2D eigenvalue weighted by atomic mass is 10.2. The number of rotatable bonds is 4. The van der Waals surface area contributed by atoms with E-state index >= 15 is 0 Å². The number of carbonyl (C=O) groups is 1. The maximum Gasteiger partial charge on any atom is 0.343 e. The number of ether oxygens (including phenoxy) is 1. The fraction of sp³-hybridized carbons (Fsp3) is 0.438. The van der Waals surface area contributed by atoms with Gasteiger partial charge in [-0.1, -0.05) is 5.16 Å². The van der Waals surface area contributed by atoms with Crippen molar-refractivity contribution in [2.45, 2.75) is 32.4 Å². The number of hydrogen-bond acceptors (Lipinski definition) is 9. The lowest BCUT2D eigenvalue weighted by Gasteiger charge is -2.22. The third-order valence-electron chi connectivity index (χ3n) is 4.25. The van der Waals surface area contributed by atoms with Crippen LogP contribution >= 0.6 is 0 Å². The molecule has 1 aliphatic rings. The van der Waals surface area contributed by atoms with Crippen molar-refractivity contribution < 1.29 is 19.2 Å². The van der Waals surface area contributed by atoms with Crippen LogP contribution in [0.1, 0.15) is 41.5 Å². The van der Waals surface area contributed by atoms with Crippen LogP contribution in [-0.2, 0) is 4.74 Å². The SMILES string of the molecule is CCOC(=O)c1cnn2ccc(N3C[C@H](O)C[C@@H]3c3nc(C)no3)nc12. The first-order valence-electron chi connectivity index (χ1n) is 8.33. The van der Waals surface area contributed by atoms with E-state index < -0.39 is 12.1 Å². The monoisotopic (exact) mass is 358 g/mol. The van der Waals surface area contributed by atoms with Crippen molar-refractivity contribution in [2.24, 2.45) is 0 Å². The smallest absolute Gasteiger partial charge is 0.343 e. The van der Waals surface area contributed by atoms with Gasteiger partial charge in [0.15, 0.2) is 11.5 Å². The molecule has 0 amide bonds. The highest BCUT2D eigenvalue weighted by Crippen LogP contribution is 2.34. The first kappa shape index (κ1) is 16.5. The molecule has 1 aliphatic heterocycles. The number of aliphatic hydroxyl groups excluding tert-OH is 1. The molecule has 1 N–H and O–H groups in total. The van der Waals surface area contributed by atoms with Crippen LogP contribution in [0.15, 0.2) is 23.0 Å². The Kier molecular flexibility index (Phi) is 4.03. The molecule has 3 aromatic heterocycles. The van der Waals surface area contributed by atoms with Crippen molar-refractivity contribution in [2.75, 3.05) is 18.1 Å². The van der Waals surface area contributed by atoms with Crippen LogP contribution in [0.2, 0.25) is 0 Å². The molecule has 136 valence electrons. The van der Waals surface area contributed by atoms with Gasteiger partial charge in [-0.2, -0.15) is 10.1 Å². The van der Waals surface area contributed by atoms with E-state index in [9.17, 15) is 9.90 Å². The van der Waals surface area contributed by atoms with Gasteiger partial charge >= 0.3 is 5.97 Å². The molecule has 0 spiro atoms. The largest absolute Gasteiger partial charge is 0.462 e. The van der Waals surface area contributed by atoms with Crippen LogP contribution in [0, 0.1) is 6.92 Å². The van der Waals surface area contributed by atoms with Crippen LogP contribution in [-0.4, -0.2) is 55.1 Å². The number of aliphatic hydroxyl groups is 1. The summed E-state index contributed by atoms with van der Waals surface area (Å²) in [7, 11) is 0. The predicted octanol–water partition coefficient (Wildman–Crippen LogP) is 0.910. The summed E-state index contributed by atoms with van der Waals surface area (Å²) < 4.78 is 11.8. The van der Waals surface area contributed by atoms with Gasteiger partial charge in [0, 0.05) is 19.2 Å². The standard InChI is InChI=1S/C16H18N6O4/c1-3-25-16(24)11-7-17-22-5-4-13(19-14(11)22)21-8-10(23)6-12(21)15-18-9(2)20-26-15/h4-5,7,10,12,23H,3,6,8H2,1-2H3/t10-,12-/m1/s1. The Morgan fingerprint density at radius 1 is 1.46 bits per heavy atom. The molecule has 0 bridgehead atoms. The van der Waals surface area contributed by atoms with Gasteiger partial charge in [-0.05, 0) is 19.9 Å². The number of aryl methyl sites for hydroxylation is 1. The Bertz CT molecular complexity index is 951. The summed E-state index contributed by atoms with van der Waals surface area (Å²) in [5, 5.41) is 18.1. The topological polar surface area (TPSA) is 119 Å². The van der Waals surface area contributed by atoms with E-state index in [0.717, 1.165) is 0 Å². The normalized spacial score (nSPS) is 20.0. The van der Waals surface area contributed by atoms with Crippen molar-refractivity contribution in [3.8, 4) is 0 Å². The highest BCUT2D eigenvalue weighted by Gasteiger charge is 2.37. The highest BCUT2D eigenvalue weighted by molar-refractivity contribution is 5.95. The maximum atomic E-state index is 12.1. The van der Waals surface area contributed by atoms with Crippen LogP contribution in [0.25, 0.3) is 5.65 Å². The average molecular weight is 358 g/mol. The quantitative estimate of drug-likeness (QED) is 0.679. The van der Waals surface area contributed by atoms with Crippen molar-refractivity contribution in [1.82, 2.24) is 24.7 Å². The zero-order chi connectivity index (χ0) is 18.3. The molecule has 4 rings (SSSR count). The third kappa shape index (κ3) is 2.77. The minimum atomic E-state index is -0.542. The third-order valence-corrected chi connectivity index (χ3v) is 4.25. The number of anilines is 1. The first-order valence-corrected chi connectivity index (χ1v) is 8.33. The predicted molar refractivity (Wildman–Crippen MR) is 88.7 cm³/mol. The van der Waals surface area contributed by atoms with E-state index in [0.29, 0.717) is 41.7 Å². The minimum Gasteiger partial charge on any atom is -0.462 e. The number of carbonyl (C=O) groups excluding carboxylic acids is 1. The van der Waals surface area contributed by atoms with Crippen molar-refractivity contribution in [1.29, 1.82) is 0 Å². The van der Waals surface area contributed by atoms with Gasteiger partial charge in [0.2, 0.25) is 5.89 Å². The number of aromatic nitrogens is 5. The number of esters is 1. The van der Waals surface area contributed by atoms with E-state index in [2.05, 4.69) is 20.2 Å². The number of fused-ring (bicyclic) bond motifs is 1. The maximum absolute atomic E-state index is 12.1. The summed E-state index contributed by atoms with van der Waals surface area (Å²) in [5.74, 6) is 1.07. The molecular formula is C16H18N6O4. The Morgan fingerprint density at radius 3 is 3.04 bits per heavy atom.